The van der Waals surface area contributed by atoms with Gasteiger partial charge in [-0.2, -0.15) is 0 Å². The predicted molar refractivity (Wildman–Crippen MR) is 75.1 cm³/mol. The van der Waals surface area contributed by atoms with E-state index in [1.54, 1.807) is 0 Å². The highest BCUT2D eigenvalue weighted by Crippen LogP contribution is 2.12. The number of anilines is 1. The first kappa shape index (κ1) is 15.0. The molecular formula is C15H19NO3. The van der Waals surface area contributed by atoms with E-state index in [4.69, 9.17) is 5.11 Å². The van der Waals surface area contributed by atoms with Crippen molar-refractivity contribution in [3.63, 3.8) is 0 Å². The van der Waals surface area contributed by atoms with Crippen LogP contribution in [0, 0.1) is 0 Å². The van der Waals surface area contributed by atoms with Gasteiger partial charge in [-0.1, -0.05) is 25.5 Å². The summed E-state index contributed by atoms with van der Waals surface area (Å²) in [5.74, 6) is -1.52. The van der Waals surface area contributed by atoms with Crippen LogP contribution in [0.25, 0.3) is 0 Å². The average molecular weight is 261 g/mol. The first-order valence-electron chi connectivity index (χ1n) is 6.34. The molecule has 102 valence electrons. The molecule has 0 heterocycles. The third-order valence-corrected chi connectivity index (χ3v) is 2.73. The summed E-state index contributed by atoms with van der Waals surface area (Å²) < 4.78 is 0. The second-order valence-electron chi connectivity index (χ2n) is 4.42. The maximum Gasteiger partial charge on any atom is 0.331 e. The molecule has 0 saturated carbocycles. The lowest BCUT2D eigenvalue weighted by molar-refractivity contribution is -0.132. The normalized spacial score (nSPS) is 11.2. The van der Waals surface area contributed by atoms with Gasteiger partial charge in [-0.25, -0.2) is 4.79 Å². The molecule has 0 bridgehead atoms. The standard InChI is InChI=1S/C15H19NO3/c1-3-4-5-12-6-8-13(9-7-12)16-14(17)10-11(2)15(18)19/h6-10H,3-5H2,1-2H3,(H,16,17)(H,18,19)/b11-10+. The van der Waals surface area contributed by atoms with E-state index >= 15 is 0 Å². The monoisotopic (exact) mass is 261 g/mol. The Hall–Kier alpha value is -2.10. The quantitative estimate of drug-likeness (QED) is 0.773. The molecule has 0 aliphatic rings. The smallest absolute Gasteiger partial charge is 0.331 e. The van der Waals surface area contributed by atoms with E-state index in [-0.39, 0.29) is 5.57 Å². The minimum absolute atomic E-state index is 0.0112. The number of carboxylic acids is 1. The summed E-state index contributed by atoms with van der Waals surface area (Å²) in [6.45, 7) is 3.53. The first-order chi connectivity index (χ1) is 9.02. The van der Waals surface area contributed by atoms with Gasteiger partial charge in [0.15, 0.2) is 0 Å². The number of rotatable bonds is 6. The van der Waals surface area contributed by atoms with E-state index in [0.717, 1.165) is 25.3 Å². The number of aryl methyl sites for hydroxylation is 1. The van der Waals surface area contributed by atoms with Crippen LogP contribution in [0.15, 0.2) is 35.9 Å². The van der Waals surface area contributed by atoms with Gasteiger partial charge in [0.2, 0.25) is 5.91 Å². The fourth-order valence-electron chi connectivity index (χ4n) is 1.57. The van der Waals surface area contributed by atoms with Crippen molar-refractivity contribution < 1.29 is 14.7 Å². The van der Waals surface area contributed by atoms with Crippen molar-refractivity contribution in [3.8, 4) is 0 Å². The molecule has 0 aliphatic carbocycles. The van der Waals surface area contributed by atoms with Crippen LogP contribution in [-0.4, -0.2) is 17.0 Å². The number of amides is 1. The van der Waals surface area contributed by atoms with E-state index in [9.17, 15) is 9.59 Å². The molecule has 1 aromatic rings. The molecule has 4 heteroatoms. The Balaban J connectivity index is 2.60. The van der Waals surface area contributed by atoms with Crippen molar-refractivity contribution in [3.05, 3.63) is 41.5 Å². The van der Waals surface area contributed by atoms with Gasteiger partial charge in [0.25, 0.3) is 0 Å². The number of hydrogen-bond donors (Lipinski definition) is 2. The molecule has 0 aliphatic heterocycles. The summed E-state index contributed by atoms with van der Waals surface area (Å²) in [5, 5.41) is 11.3. The molecule has 0 spiro atoms. The summed E-state index contributed by atoms with van der Waals surface area (Å²) in [4.78, 5) is 22.1. The van der Waals surface area contributed by atoms with Crippen LogP contribution in [0.1, 0.15) is 32.3 Å². The summed E-state index contributed by atoms with van der Waals surface area (Å²) in [6, 6.07) is 7.59. The van der Waals surface area contributed by atoms with Gasteiger partial charge in [0.05, 0.1) is 0 Å². The molecule has 0 radical (unpaired) electrons. The fourth-order valence-corrected chi connectivity index (χ4v) is 1.57. The van der Waals surface area contributed by atoms with Gasteiger partial charge in [0, 0.05) is 17.3 Å². The van der Waals surface area contributed by atoms with E-state index in [2.05, 4.69) is 12.2 Å². The summed E-state index contributed by atoms with van der Waals surface area (Å²) in [6.07, 6.45) is 4.40. The van der Waals surface area contributed by atoms with Crippen molar-refractivity contribution in [2.45, 2.75) is 33.1 Å². The molecule has 19 heavy (non-hydrogen) atoms. The largest absolute Gasteiger partial charge is 0.478 e. The third-order valence-electron chi connectivity index (χ3n) is 2.73. The Kier molecular flexibility index (Phi) is 5.79. The van der Waals surface area contributed by atoms with Crippen LogP contribution in [0.2, 0.25) is 0 Å². The molecule has 4 nitrogen and oxygen atoms in total. The summed E-state index contributed by atoms with van der Waals surface area (Å²) in [7, 11) is 0. The number of hydrogen-bond acceptors (Lipinski definition) is 2. The van der Waals surface area contributed by atoms with Gasteiger partial charge in [-0.3, -0.25) is 4.79 Å². The number of carboxylic acid groups (broad SMARTS) is 1. The van der Waals surface area contributed by atoms with E-state index in [1.807, 2.05) is 24.3 Å². The third kappa shape index (κ3) is 5.38. The highest BCUT2D eigenvalue weighted by atomic mass is 16.4. The summed E-state index contributed by atoms with van der Waals surface area (Å²) >= 11 is 0. The number of benzene rings is 1. The second-order valence-corrected chi connectivity index (χ2v) is 4.42. The van der Waals surface area contributed by atoms with Crippen LogP contribution < -0.4 is 5.32 Å². The van der Waals surface area contributed by atoms with Crippen LogP contribution in [-0.2, 0) is 16.0 Å². The lowest BCUT2D eigenvalue weighted by Gasteiger charge is -2.04. The van der Waals surface area contributed by atoms with E-state index < -0.39 is 11.9 Å². The summed E-state index contributed by atoms with van der Waals surface area (Å²) in [5.41, 5.74) is 1.91. The fraction of sp³-hybridized carbons (Fsp3) is 0.333. The minimum Gasteiger partial charge on any atom is -0.478 e. The SMILES string of the molecule is CCCCc1ccc(NC(=O)/C=C(\C)C(=O)O)cc1. The number of carbonyl (C=O) groups excluding carboxylic acids is 1. The van der Waals surface area contributed by atoms with Gasteiger partial charge >= 0.3 is 5.97 Å². The average Bonchev–Trinajstić information content (AvgIpc) is 2.37. The van der Waals surface area contributed by atoms with Crippen molar-refractivity contribution in [2.24, 2.45) is 0 Å². The zero-order chi connectivity index (χ0) is 14.3. The predicted octanol–water partition coefficient (Wildman–Crippen LogP) is 3.00. The maximum atomic E-state index is 11.5. The Morgan fingerprint density at radius 1 is 1.26 bits per heavy atom. The van der Waals surface area contributed by atoms with Gasteiger partial charge in [-0.05, 0) is 37.5 Å². The molecule has 2 N–H and O–H groups in total. The highest BCUT2D eigenvalue weighted by Gasteiger charge is 2.04. The molecule has 0 aromatic heterocycles. The Morgan fingerprint density at radius 3 is 2.42 bits per heavy atom. The second kappa shape index (κ2) is 7.36. The van der Waals surface area contributed by atoms with Crippen LogP contribution >= 0.6 is 0 Å². The van der Waals surface area contributed by atoms with Crippen LogP contribution in [0.4, 0.5) is 5.69 Å². The molecule has 1 aromatic carbocycles. The lowest BCUT2D eigenvalue weighted by Crippen LogP contribution is -2.10. The van der Waals surface area contributed by atoms with Gasteiger partial charge < -0.3 is 10.4 Å². The van der Waals surface area contributed by atoms with Crippen LogP contribution in [0.3, 0.4) is 0 Å². The Bertz CT molecular complexity index is 475. The Morgan fingerprint density at radius 2 is 1.89 bits per heavy atom. The number of carbonyl (C=O) groups is 2. The lowest BCUT2D eigenvalue weighted by atomic mass is 10.1. The van der Waals surface area contributed by atoms with E-state index in [1.165, 1.54) is 12.5 Å². The van der Waals surface area contributed by atoms with Crippen molar-refractivity contribution >= 4 is 17.6 Å². The topological polar surface area (TPSA) is 66.4 Å². The molecule has 1 amide bonds. The molecule has 0 atom stereocenters. The zero-order valence-corrected chi connectivity index (χ0v) is 11.3. The molecular weight excluding hydrogens is 242 g/mol. The van der Waals surface area contributed by atoms with Crippen molar-refractivity contribution in [1.29, 1.82) is 0 Å². The Labute approximate surface area is 113 Å². The first-order valence-corrected chi connectivity index (χ1v) is 6.34. The molecule has 0 fully saturated rings. The minimum atomic E-state index is -1.09. The molecule has 0 unspecified atom stereocenters. The number of aliphatic carboxylic acids is 1. The van der Waals surface area contributed by atoms with E-state index in [0.29, 0.717) is 5.69 Å². The molecule has 1 rings (SSSR count). The maximum absolute atomic E-state index is 11.5. The number of unbranched alkanes of at least 4 members (excludes halogenated alkanes) is 1. The van der Waals surface area contributed by atoms with Gasteiger partial charge in [-0.15, -0.1) is 0 Å². The van der Waals surface area contributed by atoms with Crippen molar-refractivity contribution in [2.75, 3.05) is 5.32 Å². The zero-order valence-electron chi connectivity index (χ0n) is 11.3. The van der Waals surface area contributed by atoms with Crippen molar-refractivity contribution in [1.82, 2.24) is 0 Å². The molecule has 0 saturated heterocycles. The van der Waals surface area contributed by atoms with Crippen LogP contribution in [0.5, 0.6) is 0 Å². The highest BCUT2D eigenvalue weighted by molar-refractivity contribution is 6.04. The number of nitrogens with one attached hydrogen (secondary N) is 1. The van der Waals surface area contributed by atoms with Gasteiger partial charge in [0.1, 0.15) is 0 Å².